The molecule has 2 aliphatic rings. The van der Waals surface area contributed by atoms with Crippen molar-refractivity contribution in [2.75, 3.05) is 14.2 Å². The van der Waals surface area contributed by atoms with Gasteiger partial charge in [-0.1, -0.05) is 6.07 Å². The molecule has 3 rings (SSSR count). The first-order valence-electron chi connectivity index (χ1n) is 7.49. The molecule has 1 heterocycles. The van der Waals surface area contributed by atoms with E-state index in [9.17, 15) is 0 Å². The quantitative estimate of drug-likeness (QED) is 0.883. The number of methoxy groups -OCH3 is 1. The molecule has 1 aromatic heterocycles. The average molecular weight is 260 g/mol. The van der Waals surface area contributed by atoms with Gasteiger partial charge in [-0.3, -0.25) is 4.98 Å². The number of fused-ring (bicyclic) bond motifs is 1. The Hall–Kier alpha value is -0.930. The molecule has 0 aliphatic heterocycles. The van der Waals surface area contributed by atoms with Gasteiger partial charge in [0.05, 0.1) is 6.10 Å². The third-order valence-electron chi connectivity index (χ3n) is 4.72. The van der Waals surface area contributed by atoms with Gasteiger partial charge in [0.15, 0.2) is 0 Å². The second-order valence-corrected chi connectivity index (χ2v) is 5.90. The number of hydrogen-bond donors (Lipinski definition) is 1. The molecular formula is C16H24N2O. The van der Waals surface area contributed by atoms with E-state index in [-0.39, 0.29) is 0 Å². The van der Waals surface area contributed by atoms with Gasteiger partial charge in [-0.15, -0.1) is 0 Å². The number of nitrogens with one attached hydrogen (secondary N) is 1. The van der Waals surface area contributed by atoms with Gasteiger partial charge >= 0.3 is 0 Å². The average Bonchev–Trinajstić information content (AvgIpc) is 3.29. The van der Waals surface area contributed by atoms with Gasteiger partial charge in [0, 0.05) is 31.0 Å². The summed E-state index contributed by atoms with van der Waals surface area (Å²) in [7, 11) is 3.92. The van der Waals surface area contributed by atoms with Crippen LogP contribution in [0.5, 0.6) is 0 Å². The maximum Gasteiger partial charge on any atom is 0.0758 e. The van der Waals surface area contributed by atoms with E-state index in [0.29, 0.717) is 18.1 Å². The Balaban J connectivity index is 1.87. The number of nitrogens with zero attached hydrogens (tertiary/aromatic N) is 1. The summed E-state index contributed by atoms with van der Waals surface area (Å²) in [4.78, 5) is 4.67. The van der Waals surface area contributed by atoms with Crippen LogP contribution >= 0.6 is 0 Å². The summed E-state index contributed by atoms with van der Waals surface area (Å²) in [6.07, 6.45) is 8.57. The minimum atomic E-state index is 0.336. The SMILES string of the molecule is CNC(C1CCCc2cccnc21)C(OC)C1CC1. The molecule has 2 aliphatic carbocycles. The lowest BCUT2D eigenvalue weighted by molar-refractivity contribution is 0.0420. The Morgan fingerprint density at radius 1 is 1.37 bits per heavy atom. The zero-order valence-electron chi connectivity index (χ0n) is 11.9. The molecule has 3 unspecified atom stereocenters. The maximum atomic E-state index is 5.81. The van der Waals surface area contributed by atoms with Crippen molar-refractivity contribution >= 4 is 0 Å². The molecule has 1 saturated carbocycles. The van der Waals surface area contributed by atoms with Gasteiger partial charge in [0.2, 0.25) is 0 Å². The number of aromatic nitrogens is 1. The molecule has 0 radical (unpaired) electrons. The van der Waals surface area contributed by atoms with Crippen molar-refractivity contribution in [3.8, 4) is 0 Å². The van der Waals surface area contributed by atoms with Crippen LogP contribution in [0.1, 0.15) is 42.9 Å². The number of likely N-dealkylation sites (N-methyl/N-ethyl adjacent to an activating group) is 1. The van der Waals surface area contributed by atoms with E-state index in [4.69, 9.17) is 4.74 Å². The normalized spacial score (nSPS) is 25.7. The maximum absolute atomic E-state index is 5.81. The van der Waals surface area contributed by atoms with Crippen molar-refractivity contribution in [3.63, 3.8) is 0 Å². The van der Waals surface area contributed by atoms with Crippen LogP contribution in [0, 0.1) is 5.92 Å². The van der Waals surface area contributed by atoms with Crippen molar-refractivity contribution < 1.29 is 4.74 Å². The number of hydrogen-bond acceptors (Lipinski definition) is 3. The number of rotatable bonds is 5. The van der Waals surface area contributed by atoms with Crippen molar-refractivity contribution in [1.29, 1.82) is 0 Å². The third-order valence-corrected chi connectivity index (χ3v) is 4.72. The zero-order chi connectivity index (χ0) is 13.2. The van der Waals surface area contributed by atoms with Gasteiger partial charge in [0.1, 0.15) is 0 Å². The van der Waals surface area contributed by atoms with Crippen LogP contribution in [0.25, 0.3) is 0 Å². The second-order valence-electron chi connectivity index (χ2n) is 5.90. The molecule has 3 heteroatoms. The first kappa shape index (κ1) is 13.1. The van der Waals surface area contributed by atoms with Crippen molar-refractivity contribution in [2.45, 2.75) is 50.2 Å². The van der Waals surface area contributed by atoms with Crippen LogP contribution in [0.2, 0.25) is 0 Å². The highest BCUT2D eigenvalue weighted by molar-refractivity contribution is 5.28. The number of aryl methyl sites for hydroxylation is 1. The highest BCUT2D eigenvalue weighted by Gasteiger charge is 2.41. The fourth-order valence-corrected chi connectivity index (χ4v) is 3.65. The molecule has 0 aromatic carbocycles. The van der Waals surface area contributed by atoms with Crippen LogP contribution < -0.4 is 5.32 Å². The van der Waals surface area contributed by atoms with Crippen molar-refractivity contribution in [2.24, 2.45) is 5.92 Å². The summed E-state index contributed by atoms with van der Waals surface area (Å²) >= 11 is 0. The Bertz CT molecular complexity index is 431. The molecule has 0 amide bonds. The second kappa shape index (κ2) is 5.59. The minimum Gasteiger partial charge on any atom is -0.380 e. The van der Waals surface area contributed by atoms with Crippen LogP contribution in [0.3, 0.4) is 0 Å². The molecule has 1 N–H and O–H groups in total. The van der Waals surface area contributed by atoms with Crippen molar-refractivity contribution in [1.82, 2.24) is 10.3 Å². The van der Waals surface area contributed by atoms with Gasteiger partial charge in [-0.05, 0) is 56.7 Å². The van der Waals surface area contributed by atoms with Gasteiger partial charge in [0.25, 0.3) is 0 Å². The smallest absolute Gasteiger partial charge is 0.0758 e. The first-order valence-corrected chi connectivity index (χ1v) is 7.49. The Morgan fingerprint density at radius 3 is 2.89 bits per heavy atom. The lowest BCUT2D eigenvalue weighted by Crippen LogP contribution is -2.46. The van der Waals surface area contributed by atoms with E-state index in [1.807, 2.05) is 13.3 Å². The predicted molar refractivity (Wildman–Crippen MR) is 76.3 cm³/mol. The number of ether oxygens (including phenoxy) is 1. The Labute approximate surface area is 115 Å². The molecule has 19 heavy (non-hydrogen) atoms. The monoisotopic (exact) mass is 260 g/mol. The Morgan fingerprint density at radius 2 is 2.21 bits per heavy atom. The molecule has 104 valence electrons. The molecule has 0 spiro atoms. The van der Waals surface area contributed by atoms with E-state index in [1.165, 1.54) is 43.4 Å². The molecule has 0 bridgehead atoms. The van der Waals surface area contributed by atoms with E-state index in [2.05, 4.69) is 29.5 Å². The molecule has 3 atom stereocenters. The largest absolute Gasteiger partial charge is 0.380 e. The molecule has 0 saturated heterocycles. The summed E-state index contributed by atoms with van der Waals surface area (Å²) in [5.41, 5.74) is 2.74. The van der Waals surface area contributed by atoms with Gasteiger partial charge in [-0.2, -0.15) is 0 Å². The first-order chi connectivity index (χ1) is 9.35. The highest BCUT2D eigenvalue weighted by atomic mass is 16.5. The van der Waals surface area contributed by atoms with Gasteiger partial charge in [-0.25, -0.2) is 0 Å². The molecule has 1 aromatic rings. The summed E-state index contributed by atoms with van der Waals surface area (Å²) < 4.78 is 5.81. The van der Waals surface area contributed by atoms with Crippen LogP contribution in [-0.2, 0) is 11.2 Å². The minimum absolute atomic E-state index is 0.336. The topological polar surface area (TPSA) is 34.2 Å². The molecule has 1 fully saturated rings. The van der Waals surface area contributed by atoms with E-state index < -0.39 is 0 Å². The summed E-state index contributed by atoms with van der Waals surface area (Å²) in [6.45, 7) is 0. The highest BCUT2D eigenvalue weighted by Crippen LogP contribution is 2.41. The summed E-state index contributed by atoms with van der Waals surface area (Å²) in [6, 6.07) is 4.69. The van der Waals surface area contributed by atoms with Crippen LogP contribution in [-0.4, -0.2) is 31.3 Å². The third kappa shape index (κ3) is 2.54. The van der Waals surface area contributed by atoms with Crippen LogP contribution in [0.4, 0.5) is 0 Å². The van der Waals surface area contributed by atoms with Crippen molar-refractivity contribution in [3.05, 3.63) is 29.6 Å². The lowest BCUT2D eigenvalue weighted by atomic mass is 9.79. The standard InChI is InChI=1S/C16H24N2O/c1-17-15(16(19-2)12-8-9-12)13-7-3-5-11-6-4-10-18-14(11)13/h4,6,10,12-13,15-17H,3,5,7-9H2,1-2H3. The van der Waals surface area contributed by atoms with Gasteiger partial charge < -0.3 is 10.1 Å². The fraction of sp³-hybridized carbons (Fsp3) is 0.688. The molecular weight excluding hydrogens is 236 g/mol. The predicted octanol–water partition coefficient (Wildman–Crippen LogP) is 2.51. The lowest BCUT2D eigenvalue weighted by Gasteiger charge is -2.35. The molecule has 3 nitrogen and oxygen atoms in total. The van der Waals surface area contributed by atoms with E-state index >= 15 is 0 Å². The zero-order valence-corrected chi connectivity index (χ0v) is 11.9. The number of pyridine rings is 1. The van der Waals surface area contributed by atoms with Crippen LogP contribution in [0.15, 0.2) is 18.3 Å². The summed E-state index contributed by atoms with van der Waals surface area (Å²) in [5, 5.41) is 3.52. The van der Waals surface area contributed by atoms with E-state index in [0.717, 1.165) is 5.92 Å². The fourth-order valence-electron chi connectivity index (χ4n) is 3.65. The summed E-state index contributed by atoms with van der Waals surface area (Å²) in [5.74, 6) is 1.25. The van der Waals surface area contributed by atoms with E-state index in [1.54, 1.807) is 0 Å². The Kier molecular flexibility index (Phi) is 3.85.